The van der Waals surface area contributed by atoms with Gasteiger partial charge in [0.25, 0.3) is 10.0 Å². The molecule has 0 amide bonds. The van der Waals surface area contributed by atoms with Gasteiger partial charge in [-0.25, -0.2) is 27.8 Å². The number of aromatic nitrogens is 3. The zero-order chi connectivity index (χ0) is 23.6. The second-order valence-corrected chi connectivity index (χ2v) is 10.3. The van der Waals surface area contributed by atoms with Crippen molar-refractivity contribution in [3.8, 4) is 21.8 Å². The lowest BCUT2D eigenvalue weighted by Gasteiger charge is -2.10. The predicted octanol–water partition coefficient (Wildman–Crippen LogP) is 5.37. The fourth-order valence-corrected chi connectivity index (χ4v) is 5.28. The van der Waals surface area contributed by atoms with Crippen LogP contribution in [0.4, 0.5) is 16.0 Å². The number of benzene rings is 2. The maximum atomic E-state index is 13.5. The summed E-state index contributed by atoms with van der Waals surface area (Å²) in [6, 6.07) is 13.7. The summed E-state index contributed by atoms with van der Waals surface area (Å²) in [5.41, 5.74) is 2.51. The average Bonchev–Trinajstić information content (AvgIpc) is 3.25. The Labute approximate surface area is 195 Å². The summed E-state index contributed by atoms with van der Waals surface area (Å²) >= 11 is 1.54. The van der Waals surface area contributed by atoms with E-state index in [0.29, 0.717) is 17.3 Å². The minimum atomic E-state index is -3.95. The van der Waals surface area contributed by atoms with E-state index >= 15 is 0 Å². The van der Waals surface area contributed by atoms with E-state index < -0.39 is 15.8 Å². The molecule has 0 bridgehead atoms. The molecule has 33 heavy (non-hydrogen) atoms. The summed E-state index contributed by atoms with van der Waals surface area (Å²) in [6.45, 7) is 4.13. The van der Waals surface area contributed by atoms with E-state index in [-0.39, 0.29) is 10.8 Å². The van der Waals surface area contributed by atoms with Gasteiger partial charge in [0.05, 0.1) is 26.2 Å². The number of hydrogen-bond donors (Lipinski definition) is 2. The molecule has 0 spiro atoms. The van der Waals surface area contributed by atoms with E-state index in [1.54, 1.807) is 42.8 Å². The quantitative estimate of drug-likeness (QED) is 0.367. The Kier molecular flexibility index (Phi) is 6.39. The molecule has 2 aromatic carbocycles. The number of nitrogens with zero attached hydrogens (tertiary/aromatic N) is 3. The lowest BCUT2D eigenvalue weighted by Crippen LogP contribution is -2.13. The zero-order valence-corrected chi connectivity index (χ0v) is 19.8. The Balaban J connectivity index is 1.75. The summed E-state index contributed by atoms with van der Waals surface area (Å²) < 4.78 is 41.5. The predicted molar refractivity (Wildman–Crippen MR) is 129 cm³/mol. The zero-order valence-electron chi connectivity index (χ0n) is 18.2. The average molecular weight is 484 g/mol. The molecule has 170 valence electrons. The van der Waals surface area contributed by atoms with Crippen molar-refractivity contribution in [3.63, 3.8) is 0 Å². The second kappa shape index (κ2) is 9.24. The highest BCUT2D eigenvalue weighted by atomic mass is 32.2. The minimum Gasteiger partial charge on any atom is -0.357 e. The van der Waals surface area contributed by atoms with Crippen molar-refractivity contribution in [3.05, 3.63) is 71.6 Å². The molecular formula is C23H22FN5O2S2. The van der Waals surface area contributed by atoms with Gasteiger partial charge in [0.15, 0.2) is 0 Å². The van der Waals surface area contributed by atoms with Gasteiger partial charge in [-0.3, -0.25) is 4.72 Å². The topological polar surface area (TPSA) is 96.9 Å². The maximum absolute atomic E-state index is 13.5. The molecule has 0 aliphatic heterocycles. The standard InChI is InChI=1S/C23H22FN5O2S2/c1-14(2)22-28-20(21(32-22)19-10-11-26-23(25-3)27-19)15-6-4-8-17(12-15)29-33(30,31)18-9-5-7-16(24)13-18/h4-14,29H,1-3H3,(H,25,26,27). The highest BCUT2D eigenvalue weighted by molar-refractivity contribution is 7.92. The number of anilines is 2. The van der Waals surface area contributed by atoms with Gasteiger partial charge in [-0.2, -0.15) is 0 Å². The van der Waals surface area contributed by atoms with Crippen molar-refractivity contribution in [1.82, 2.24) is 15.0 Å². The number of hydrogen-bond acceptors (Lipinski definition) is 7. The first kappa shape index (κ1) is 22.8. The lowest BCUT2D eigenvalue weighted by molar-refractivity contribution is 0.595. The molecule has 0 saturated heterocycles. The first-order valence-electron chi connectivity index (χ1n) is 10.2. The van der Waals surface area contributed by atoms with E-state index in [4.69, 9.17) is 4.98 Å². The number of halogens is 1. The van der Waals surface area contributed by atoms with Crippen LogP contribution in [0.25, 0.3) is 21.8 Å². The largest absolute Gasteiger partial charge is 0.357 e. The smallest absolute Gasteiger partial charge is 0.261 e. The minimum absolute atomic E-state index is 0.148. The molecular weight excluding hydrogens is 461 g/mol. The molecule has 2 N–H and O–H groups in total. The van der Waals surface area contributed by atoms with Gasteiger partial charge in [-0.05, 0) is 36.4 Å². The number of rotatable bonds is 7. The monoisotopic (exact) mass is 483 g/mol. The van der Waals surface area contributed by atoms with Crippen molar-refractivity contribution in [1.29, 1.82) is 0 Å². The normalized spacial score (nSPS) is 11.5. The molecule has 0 fully saturated rings. The van der Waals surface area contributed by atoms with E-state index in [1.807, 2.05) is 12.1 Å². The van der Waals surface area contributed by atoms with E-state index in [9.17, 15) is 12.8 Å². The summed E-state index contributed by atoms with van der Waals surface area (Å²) in [5, 5.41) is 3.88. The van der Waals surface area contributed by atoms with Gasteiger partial charge >= 0.3 is 0 Å². The molecule has 2 heterocycles. The van der Waals surface area contributed by atoms with Gasteiger partial charge in [0.2, 0.25) is 5.95 Å². The molecule has 0 aliphatic carbocycles. The molecule has 0 unspecified atom stereocenters. The van der Waals surface area contributed by atoms with Crippen LogP contribution < -0.4 is 10.0 Å². The van der Waals surface area contributed by atoms with Crippen LogP contribution in [0.5, 0.6) is 0 Å². The number of sulfonamides is 1. The summed E-state index contributed by atoms with van der Waals surface area (Å²) in [6.07, 6.45) is 1.68. The Morgan fingerprint density at radius 3 is 2.55 bits per heavy atom. The summed E-state index contributed by atoms with van der Waals surface area (Å²) in [4.78, 5) is 14.3. The van der Waals surface area contributed by atoms with Gasteiger partial charge < -0.3 is 5.32 Å². The van der Waals surface area contributed by atoms with E-state index in [2.05, 4.69) is 33.9 Å². The molecule has 2 aromatic heterocycles. The van der Waals surface area contributed by atoms with Gasteiger partial charge in [-0.1, -0.05) is 32.0 Å². The van der Waals surface area contributed by atoms with Crippen LogP contribution >= 0.6 is 11.3 Å². The Hall–Kier alpha value is -3.37. The Bertz CT molecular complexity index is 1400. The first-order chi connectivity index (χ1) is 15.8. The van der Waals surface area contributed by atoms with Crippen molar-refractivity contribution >= 4 is 33.0 Å². The molecule has 0 radical (unpaired) electrons. The van der Waals surface area contributed by atoms with Crippen molar-refractivity contribution < 1.29 is 12.8 Å². The molecule has 4 rings (SSSR count). The number of thiazole rings is 1. The van der Waals surface area contributed by atoms with Crippen LogP contribution in [0, 0.1) is 5.82 Å². The summed E-state index contributed by atoms with van der Waals surface area (Å²) in [5.74, 6) is 0.0862. The third-order valence-corrected chi connectivity index (χ3v) is 7.50. The van der Waals surface area contributed by atoms with Gasteiger partial charge in [0.1, 0.15) is 5.82 Å². The van der Waals surface area contributed by atoms with Gasteiger partial charge in [-0.15, -0.1) is 11.3 Å². The highest BCUT2D eigenvalue weighted by Crippen LogP contribution is 2.39. The van der Waals surface area contributed by atoms with Gasteiger partial charge in [0, 0.05) is 30.4 Å². The van der Waals surface area contributed by atoms with Crippen LogP contribution in [0.2, 0.25) is 0 Å². The maximum Gasteiger partial charge on any atom is 0.261 e. The van der Waals surface area contributed by atoms with Crippen LogP contribution in [0.15, 0.2) is 65.7 Å². The lowest BCUT2D eigenvalue weighted by atomic mass is 10.1. The molecule has 0 atom stereocenters. The van der Waals surface area contributed by atoms with E-state index in [1.165, 1.54) is 18.2 Å². The third kappa shape index (κ3) is 5.01. The van der Waals surface area contributed by atoms with Crippen LogP contribution in [-0.4, -0.2) is 30.4 Å². The Morgan fingerprint density at radius 2 is 1.82 bits per heavy atom. The van der Waals surface area contributed by atoms with Crippen molar-refractivity contribution in [2.45, 2.75) is 24.7 Å². The Morgan fingerprint density at radius 1 is 1.03 bits per heavy atom. The summed E-state index contributed by atoms with van der Waals surface area (Å²) in [7, 11) is -2.20. The van der Waals surface area contributed by atoms with Crippen LogP contribution in [0.3, 0.4) is 0 Å². The third-order valence-electron chi connectivity index (χ3n) is 4.74. The van der Waals surface area contributed by atoms with E-state index in [0.717, 1.165) is 27.2 Å². The van der Waals surface area contributed by atoms with Crippen molar-refractivity contribution in [2.75, 3.05) is 17.1 Å². The fraction of sp³-hybridized carbons (Fsp3) is 0.174. The molecule has 0 aliphatic rings. The molecule has 0 saturated carbocycles. The second-order valence-electron chi connectivity index (χ2n) is 7.54. The molecule has 7 nitrogen and oxygen atoms in total. The fourth-order valence-electron chi connectivity index (χ4n) is 3.14. The van der Waals surface area contributed by atoms with Crippen LogP contribution in [-0.2, 0) is 10.0 Å². The van der Waals surface area contributed by atoms with Crippen molar-refractivity contribution in [2.24, 2.45) is 0 Å². The number of nitrogens with one attached hydrogen (secondary N) is 2. The first-order valence-corrected chi connectivity index (χ1v) is 12.5. The van der Waals surface area contributed by atoms with Crippen LogP contribution in [0.1, 0.15) is 24.8 Å². The molecule has 10 heteroatoms. The highest BCUT2D eigenvalue weighted by Gasteiger charge is 2.20. The SMILES string of the molecule is CNc1nccc(-c2sc(C(C)C)nc2-c2cccc(NS(=O)(=O)c3cccc(F)c3)c2)n1. The molecule has 4 aromatic rings.